The normalized spacial score (nSPS) is 19.3. The average molecular weight is 328 g/mol. The molecule has 0 radical (unpaired) electrons. The van der Waals surface area contributed by atoms with E-state index < -0.39 is 0 Å². The molecule has 0 bridgehead atoms. The number of rotatable bonds is 8. The number of hydrogen-bond acceptors (Lipinski definition) is 5. The van der Waals surface area contributed by atoms with E-state index in [0.717, 1.165) is 13.0 Å². The number of aryl methyl sites for hydroxylation is 1. The second-order valence-corrected chi connectivity index (χ2v) is 7.75. The molecule has 1 aliphatic rings. The Morgan fingerprint density at radius 3 is 2.95 bits per heavy atom. The van der Waals surface area contributed by atoms with Crippen molar-refractivity contribution in [3.8, 4) is 0 Å². The molecule has 0 aromatic carbocycles. The first-order valence-corrected chi connectivity index (χ1v) is 10.4. The number of fused-ring (bicyclic) bond motifs is 1. The first kappa shape index (κ1) is 17.1. The molecule has 1 aromatic heterocycles. The molecule has 0 saturated carbocycles. The van der Waals surface area contributed by atoms with E-state index in [0.29, 0.717) is 12.1 Å². The molecule has 2 unspecified atom stereocenters. The molecule has 2 atom stereocenters. The summed E-state index contributed by atoms with van der Waals surface area (Å²) in [6.07, 6.45) is 8.25. The zero-order chi connectivity index (χ0) is 15.2. The lowest BCUT2D eigenvalue weighted by molar-refractivity contribution is 0.464. The van der Waals surface area contributed by atoms with Crippen molar-refractivity contribution in [2.24, 2.45) is 0 Å². The fourth-order valence-electron chi connectivity index (χ4n) is 2.92. The van der Waals surface area contributed by atoms with Gasteiger partial charge < -0.3 is 10.2 Å². The Hall–Kier alpha value is -0.260. The van der Waals surface area contributed by atoms with Gasteiger partial charge in [0, 0.05) is 29.8 Å². The van der Waals surface area contributed by atoms with Gasteiger partial charge in [-0.05, 0) is 44.9 Å². The molecule has 0 fully saturated rings. The van der Waals surface area contributed by atoms with Crippen LogP contribution < -0.4 is 10.2 Å². The van der Waals surface area contributed by atoms with Gasteiger partial charge >= 0.3 is 0 Å². The highest BCUT2D eigenvalue weighted by atomic mass is 32.2. The zero-order valence-corrected chi connectivity index (χ0v) is 15.4. The van der Waals surface area contributed by atoms with Crippen LogP contribution in [0, 0.1) is 0 Å². The fraction of sp³-hybridized carbons (Fsp3) is 0.812. The third kappa shape index (κ3) is 4.14. The van der Waals surface area contributed by atoms with Crippen molar-refractivity contribution in [3.63, 3.8) is 0 Å². The third-order valence-electron chi connectivity index (χ3n) is 4.26. The molecule has 0 spiro atoms. The summed E-state index contributed by atoms with van der Waals surface area (Å²) in [7, 11) is 2.21. The highest BCUT2D eigenvalue weighted by molar-refractivity contribution is 7.98. The van der Waals surface area contributed by atoms with Crippen molar-refractivity contribution in [2.75, 3.05) is 30.5 Å². The van der Waals surface area contributed by atoms with Crippen molar-refractivity contribution in [1.82, 2.24) is 10.3 Å². The predicted molar refractivity (Wildman–Crippen MR) is 97.0 cm³/mol. The van der Waals surface area contributed by atoms with Crippen molar-refractivity contribution < 1.29 is 0 Å². The fourth-order valence-corrected chi connectivity index (χ4v) is 5.02. The standard InChI is InChI=1S/C16H29N3S2/c1-5-10-17-13-8-7-9-14-15(13)21-16(18-14)19(3)12(6-2)11-20-4/h12-13,17H,5-11H2,1-4H3. The van der Waals surface area contributed by atoms with Crippen LogP contribution in [-0.4, -0.2) is 36.6 Å². The average Bonchev–Trinajstić information content (AvgIpc) is 2.94. The summed E-state index contributed by atoms with van der Waals surface area (Å²) in [5.41, 5.74) is 1.35. The Morgan fingerprint density at radius 2 is 2.29 bits per heavy atom. The second-order valence-electron chi connectivity index (χ2n) is 5.83. The third-order valence-corrected chi connectivity index (χ3v) is 6.28. The topological polar surface area (TPSA) is 28.2 Å². The summed E-state index contributed by atoms with van der Waals surface area (Å²) in [6.45, 7) is 5.62. The summed E-state index contributed by atoms with van der Waals surface area (Å²) in [4.78, 5) is 8.85. The number of thioether (sulfide) groups is 1. The Bertz CT molecular complexity index is 433. The van der Waals surface area contributed by atoms with Gasteiger partial charge in [-0.15, -0.1) is 0 Å². The lowest BCUT2D eigenvalue weighted by Crippen LogP contribution is -2.33. The van der Waals surface area contributed by atoms with Gasteiger partial charge in [0.25, 0.3) is 0 Å². The number of aromatic nitrogens is 1. The Balaban J connectivity index is 2.14. The van der Waals surface area contributed by atoms with Gasteiger partial charge in [0.05, 0.1) is 5.69 Å². The highest BCUT2D eigenvalue weighted by Crippen LogP contribution is 2.38. The molecule has 2 rings (SSSR count). The number of anilines is 1. The van der Waals surface area contributed by atoms with Crippen LogP contribution in [0.1, 0.15) is 56.1 Å². The molecule has 1 aliphatic carbocycles. The molecule has 1 aromatic rings. The van der Waals surface area contributed by atoms with Gasteiger partial charge in [-0.1, -0.05) is 25.2 Å². The van der Waals surface area contributed by atoms with Crippen LogP contribution in [0.2, 0.25) is 0 Å². The molecule has 3 nitrogen and oxygen atoms in total. The number of thiazole rings is 1. The maximum absolute atomic E-state index is 4.96. The summed E-state index contributed by atoms with van der Waals surface area (Å²) in [5, 5.41) is 4.91. The predicted octanol–water partition coefficient (Wildman–Crippen LogP) is 4.10. The number of nitrogens with zero attached hydrogens (tertiary/aromatic N) is 2. The monoisotopic (exact) mass is 327 g/mol. The lowest BCUT2D eigenvalue weighted by Gasteiger charge is -2.26. The van der Waals surface area contributed by atoms with E-state index in [1.165, 1.54) is 47.1 Å². The molecule has 21 heavy (non-hydrogen) atoms. The van der Waals surface area contributed by atoms with Crippen molar-refractivity contribution >= 4 is 28.2 Å². The first-order valence-electron chi connectivity index (χ1n) is 8.15. The van der Waals surface area contributed by atoms with Crippen LogP contribution in [0.5, 0.6) is 0 Å². The molecule has 5 heteroatoms. The van der Waals surface area contributed by atoms with Crippen LogP contribution >= 0.6 is 23.1 Å². The van der Waals surface area contributed by atoms with Crippen molar-refractivity contribution in [2.45, 2.75) is 58.0 Å². The van der Waals surface area contributed by atoms with E-state index in [1.807, 2.05) is 23.1 Å². The van der Waals surface area contributed by atoms with E-state index in [1.54, 1.807) is 0 Å². The quantitative estimate of drug-likeness (QED) is 0.778. The largest absolute Gasteiger partial charge is 0.347 e. The maximum Gasteiger partial charge on any atom is 0.185 e. The molecule has 1 N–H and O–H groups in total. The van der Waals surface area contributed by atoms with Gasteiger partial charge in [-0.25, -0.2) is 4.98 Å². The van der Waals surface area contributed by atoms with Gasteiger partial charge in [-0.3, -0.25) is 0 Å². The smallest absolute Gasteiger partial charge is 0.185 e. The van der Waals surface area contributed by atoms with Gasteiger partial charge in [0.2, 0.25) is 0 Å². The van der Waals surface area contributed by atoms with Gasteiger partial charge in [0.15, 0.2) is 5.13 Å². The van der Waals surface area contributed by atoms with E-state index in [-0.39, 0.29) is 0 Å². The Morgan fingerprint density at radius 1 is 1.48 bits per heavy atom. The summed E-state index contributed by atoms with van der Waals surface area (Å²) < 4.78 is 0. The Labute approximate surface area is 137 Å². The zero-order valence-electron chi connectivity index (χ0n) is 13.8. The molecule has 0 saturated heterocycles. The van der Waals surface area contributed by atoms with Crippen LogP contribution in [0.4, 0.5) is 5.13 Å². The summed E-state index contributed by atoms with van der Waals surface area (Å²) in [6, 6.07) is 1.13. The van der Waals surface area contributed by atoms with E-state index in [9.17, 15) is 0 Å². The van der Waals surface area contributed by atoms with E-state index in [2.05, 4.69) is 37.4 Å². The van der Waals surface area contributed by atoms with Crippen molar-refractivity contribution in [1.29, 1.82) is 0 Å². The molecular formula is C16H29N3S2. The van der Waals surface area contributed by atoms with Gasteiger partial charge in [-0.2, -0.15) is 11.8 Å². The lowest BCUT2D eigenvalue weighted by atomic mass is 9.98. The minimum absolute atomic E-state index is 0.536. The van der Waals surface area contributed by atoms with Crippen LogP contribution in [0.15, 0.2) is 0 Å². The van der Waals surface area contributed by atoms with Crippen LogP contribution in [0.25, 0.3) is 0 Å². The van der Waals surface area contributed by atoms with Gasteiger partial charge in [0.1, 0.15) is 0 Å². The van der Waals surface area contributed by atoms with E-state index >= 15 is 0 Å². The molecular weight excluding hydrogens is 298 g/mol. The molecule has 0 amide bonds. The minimum Gasteiger partial charge on any atom is -0.347 e. The maximum atomic E-state index is 4.96. The minimum atomic E-state index is 0.536. The molecule has 0 aliphatic heterocycles. The second kappa shape index (κ2) is 8.39. The Kier molecular flexibility index (Phi) is 6.83. The number of hydrogen-bond donors (Lipinski definition) is 1. The van der Waals surface area contributed by atoms with Crippen LogP contribution in [-0.2, 0) is 6.42 Å². The first-order chi connectivity index (χ1) is 10.2. The van der Waals surface area contributed by atoms with Crippen molar-refractivity contribution in [3.05, 3.63) is 10.6 Å². The highest BCUT2D eigenvalue weighted by Gasteiger charge is 2.26. The summed E-state index contributed by atoms with van der Waals surface area (Å²) in [5.74, 6) is 1.18. The number of nitrogens with one attached hydrogen (secondary N) is 1. The van der Waals surface area contributed by atoms with Crippen LogP contribution in [0.3, 0.4) is 0 Å². The SMILES string of the molecule is CCCNC1CCCc2nc(N(C)C(CC)CSC)sc21. The summed E-state index contributed by atoms with van der Waals surface area (Å²) >= 11 is 3.84. The molecule has 1 heterocycles. The molecule has 120 valence electrons. The van der Waals surface area contributed by atoms with E-state index in [4.69, 9.17) is 4.98 Å².